The summed E-state index contributed by atoms with van der Waals surface area (Å²) in [7, 11) is 1.69. The fraction of sp³-hybridized carbons (Fsp3) is 0.400. The van der Waals surface area contributed by atoms with Crippen molar-refractivity contribution in [3.8, 4) is 5.75 Å². The molecule has 96 valence electrons. The lowest BCUT2D eigenvalue weighted by atomic mass is 10.00. The Morgan fingerprint density at radius 2 is 2.11 bits per heavy atom. The second-order valence-electron chi connectivity index (χ2n) is 4.86. The number of benzene rings is 1. The van der Waals surface area contributed by atoms with E-state index in [0.717, 1.165) is 28.8 Å². The molecule has 0 saturated heterocycles. The van der Waals surface area contributed by atoms with Gasteiger partial charge in [0.15, 0.2) is 0 Å². The van der Waals surface area contributed by atoms with Crippen LogP contribution in [0.15, 0.2) is 24.3 Å². The first-order valence-corrected chi connectivity index (χ1v) is 6.28. The fourth-order valence-electron chi connectivity index (χ4n) is 2.15. The topological polar surface area (TPSA) is 48.1 Å². The highest BCUT2D eigenvalue weighted by molar-refractivity contribution is 5.85. The molecule has 2 N–H and O–H groups in total. The van der Waals surface area contributed by atoms with E-state index < -0.39 is 0 Å². The van der Waals surface area contributed by atoms with Crippen molar-refractivity contribution in [3.63, 3.8) is 0 Å². The summed E-state index contributed by atoms with van der Waals surface area (Å²) >= 11 is 0. The molecule has 0 amide bonds. The van der Waals surface area contributed by atoms with Crippen LogP contribution < -0.4 is 10.5 Å². The molecular formula is C15H20N2O. The lowest BCUT2D eigenvalue weighted by Crippen LogP contribution is -2.13. The average Bonchev–Trinajstić information content (AvgIpc) is 2.37. The van der Waals surface area contributed by atoms with Gasteiger partial charge >= 0.3 is 0 Å². The van der Waals surface area contributed by atoms with Gasteiger partial charge in [0.2, 0.25) is 0 Å². The molecule has 1 aromatic carbocycles. The predicted molar refractivity (Wildman–Crippen MR) is 75.0 cm³/mol. The van der Waals surface area contributed by atoms with Gasteiger partial charge in [0.25, 0.3) is 0 Å². The second-order valence-corrected chi connectivity index (χ2v) is 4.86. The van der Waals surface area contributed by atoms with E-state index in [-0.39, 0.29) is 0 Å². The molecule has 0 aliphatic carbocycles. The van der Waals surface area contributed by atoms with Crippen molar-refractivity contribution < 1.29 is 4.74 Å². The third-order valence-electron chi connectivity index (χ3n) is 3.17. The number of hydrogen-bond donors (Lipinski definition) is 1. The number of methoxy groups -OCH3 is 1. The number of nitrogens with two attached hydrogens (primary N) is 1. The number of aryl methyl sites for hydroxylation is 1. The Balaban J connectivity index is 2.45. The minimum Gasteiger partial charge on any atom is -0.496 e. The Bertz CT molecular complexity index is 551. The monoisotopic (exact) mass is 244 g/mol. The molecule has 3 nitrogen and oxygen atoms in total. The first-order valence-electron chi connectivity index (χ1n) is 6.28. The van der Waals surface area contributed by atoms with Crippen LogP contribution in [-0.4, -0.2) is 18.6 Å². The molecule has 1 unspecified atom stereocenters. The predicted octanol–water partition coefficient (Wildman–Crippen LogP) is 2.69. The highest BCUT2D eigenvalue weighted by atomic mass is 16.5. The molecule has 0 saturated carbocycles. The van der Waals surface area contributed by atoms with Gasteiger partial charge in [0.1, 0.15) is 5.75 Å². The number of aromatic nitrogens is 1. The van der Waals surface area contributed by atoms with Crippen LogP contribution in [0.4, 0.5) is 0 Å². The van der Waals surface area contributed by atoms with E-state index in [1.807, 2.05) is 13.0 Å². The van der Waals surface area contributed by atoms with Gasteiger partial charge in [-0.1, -0.05) is 13.0 Å². The number of nitrogens with zero attached hydrogens (tertiary/aromatic N) is 1. The number of rotatable bonds is 4. The summed E-state index contributed by atoms with van der Waals surface area (Å²) in [5.74, 6) is 1.38. The molecule has 2 rings (SSSR count). The van der Waals surface area contributed by atoms with E-state index in [1.54, 1.807) is 7.11 Å². The van der Waals surface area contributed by atoms with Crippen LogP contribution in [0.25, 0.3) is 10.9 Å². The molecule has 1 atom stereocenters. The molecule has 0 spiro atoms. The van der Waals surface area contributed by atoms with Crippen molar-refractivity contribution in [3.05, 3.63) is 35.5 Å². The Morgan fingerprint density at radius 1 is 1.33 bits per heavy atom. The summed E-state index contributed by atoms with van der Waals surface area (Å²) in [4.78, 5) is 4.57. The van der Waals surface area contributed by atoms with E-state index in [9.17, 15) is 0 Å². The SMILES string of the molecule is COc1cc(C)nc2cc(CC(C)CN)ccc12. The standard InChI is InChI=1S/C15H20N2O/c1-10(9-16)6-12-4-5-13-14(8-12)17-11(2)7-15(13)18-3/h4-5,7-8,10H,6,9,16H2,1-3H3. The molecule has 0 fully saturated rings. The molecule has 0 aliphatic heterocycles. The second kappa shape index (κ2) is 5.36. The third-order valence-corrected chi connectivity index (χ3v) is 3.17. The van der Waals surface area contributed by atoms with Gasteiger partial charge in [-0.15, -0.1) is 0 Å². The Kier molecular flexibility index (Phi) is 3.82. The Morgan fingerprint density at radius 3 is 2.78 bits per heavy atom. The van der Waals surface area contributed by atoms with Crippen molar-refractivity contribution in [2.75, 3.05) is 13.7 Å². The minimum atomic E-state index is 0.495. The van der Waals surface area contributed by atoms with Crippen LogP contribution in [0.1, 0.15) is 18.2 Å². The van der Waals surface area contributed by atoms with E-state index in [2.05, 4.69) is 30.1 Å². The summed E-state index contributed by atoms with van der Waals surface area (Å²) in [6.45, 7) is 4.86. The normalized spacial score (nSPS) is 12.7. The largest absolute Gasteiger partial charge is 0.496 e. The first kappa shape index (κ1) is 12.8. The van der Waals surface area contributed by atoms with Crippen LogP contribution >= 0.6 is 0 Å². The zero-order valence-corrected chi connectivity index (χ0v) is 11.2. The summed E-state index contributed by atoms with van der Waals surface area (Å²) in [6.07, 6.45) is 0.990. The number of hydrogen-bond acceptors (Lipinski definition) is 3. The molecule has 0 bridgehead atoms. The van der Waals surface area contributed by atoms with E-state index in [0.29, 0.717) is 12.5 Å². The van der Waals surface area contributed by atoms with Gasteiger partial charge in [-0.2, -0.15) is 0 Å². The van der Waals surface area contributed by atoms with E-state index in [1.165, 1.54) is 5.56 Å². The van der Waals surface area contributed by atoms with Crippen LogP contribution in [0.2, 0.25) is 0 Å². The van der Waals surface area contributed by atoms with Crippen LogP contribution in [0, 0.1) is 12.8 Å². The fourth-order valence-corrected chi connectivity index (χ4v) is 2.15. The van der Waals surface area contributed by atoms with Crippen molar-refractivity contribution in [2.24, 2.45) is 11.7 Å². The minimum absolute atomic E-state index is 0.495. The maximum atomic E-state index is 5.67. The molecule has 1 heterocycles. The molecule has 3 heteroatoms. The average molecular weight is 244 g/mol. The van der Waals surface area contributed by atoms with Gasteiger partial charge in [0, 0.05) is 17.1 Å². The van der Waals surface area contributed by atoms with Crippen LogP contribution in [-0.2, 0) is 6.42 Å². The maximum absolute atomic E-state index is 5.67. The quantitative estimate of drug-likeness (QED) is 0.899. The maximum Gasteiger partial charge on any atom is 0.130 e. The van der Waals surface area contributed by atoms with Crippen molar-refractivity contribution in [2.45, 2.75) is 20.3 Å². The van der Waals surface area contributed by atoms with Gasteiger partial charge in [-0.3, -0.25) is 4.98 Å². The number of pyridine rings is 1. The molecule has 0 aliphatic rings. The lowest BCUT2D eigenvalue weighted by molar-refractivity contribution is 0.419. The molecule has 2 aromatic rings. The van der Waals surface area contributed by atoms with Crippen LogP contribution in [0.5, 0.6) is 5.75 Å². The van der Waals surface area contributed by atoms with Gasteiger partial charge in [-0.05, 0) is 43.5 Å². The first-order chi connectivity index (χ1) is 8.63. The summed E-state index contributed by atoms with van der Waals surface area (Å²) in [5, 5.41) is 1.06. The van der Waals surface area contributed by atoms with Gasteiger partial charge in [0.05, 0.1) is 12.6 Å². The lowest BCUT2D eigenvalue weighted by Gasteiger charge is -2.11. The number of fused-ring (bicyclic) bond motifs is 1. The Labute approximate surface area is 108 Å². The zero-order valence-electron chi connectivity index (χ0n) is 11.2. The third kappa shape index (κ3) is 2.62. The van der Waals surface area contributed by atoms with Gasteiger partial charge < -0.3 is 10.5 Å². The highest BCUT2D eigenvalue weighted by Crippen LogP contribution is 2.26. The molecule has 1 aromatic heterocycles. The Hall–Kier alpha value is -1.61. The van der Waals surface area contributed by atoms with E-state index in [4.69, 9.17) is 10.5 Å². The summed E-state index contributed by atoms with van der Waals surface area (Å²) in [6, 6.07) is 8.31. The number of ether oxygens (including phenoxy) is 1. The summed E-state index contributed by atoms with van der Waals surface area (Å²) in [5.41, 5.74) is 8.91. The van der Waals surface area contributed by atoms with E-state index >= 15 is 0 Å². The van der Waals surface area contributed by atoms with Crippen molar-refractivity contribution in [1.29, 1.82) is 0 Å². The highest BCUT2D eigenvalue weighted by Gasteiger charge is 2.07. The zero-order chi connectivity index (χ0) is 13.1. The van der Waals surface area contributed by atoms with Gasteiger partial charge in [-0.25, -0.2) is 0 Å². The molecular weight excluding hydrogens is 224 g/mol. The summed E-state index contributed by atoms with van der Waals surface area (Å²) < 4.78 is 5.39. The molecule has 18 heavy (non-hydrogen) atoms. The van der Waals surface area contributed by atoms with Crippen molar-refractivity contribution in [1.82, 2.24) is 4.98 Å². The smallest absolute Gasteiger partial charge is 0.130 e. The molecule has 0 radical (unpaired) electrons. The van der Waals surface area contributed by atoms with Crippen molar-refractivity contribution >= 4 is 10.9 Å². The van der Waals surface area contributed by atoms with Crippen LogP contribution in [0.3, 0.4) is 0 Å².